The minimum atomic E-state index is -0.566. The minimum absolute atomic E-state index is 0.0172. The van der Waals surface area contributed by atoms with E-state index >= 15 is 0 Å². The second kappa shape index (κ2) is 8.70. The van der Waals surface area contributed by atoms with Gasteiger partial charge in [0.15, 0.2) is 0 Å². The first-order valence-corrected chi connectivity index (χ1v) is 8.73. The molecule has 0 radical (unpaired) electrons. The van der Waals surface area contributed by atoms with E-state index in [1.165, 1.54) is 13.2 Å². The summed E-state index contributed by atoms with van der Waals surface area (Å²) >= 11 is 0. The predicted octanol–water partition coefficient (Wildman–Crippen LogP) is 4.13. The molecule has 0 unspecified atom stereocenters. The summed E-state index contributed by atoms with van der Waals surface area (Å²) in [4.78, 5) is 24.6. The summed E-state index contributed by atoms with van der Waals surface area (Å²) < 4.78 is 10.6. The van der Waals surface area contributed by atoms with Crippen molar-refractivity contribution < 1.29 is 24.2 Å². The standard InChI is InChI=1S/C20H26O5/c1-13-7-4-5-9-15-11-16(24-3)12-18(22)19(15)20(23)25-14(2)8-6-10-17(13)21/h5,9,11-14,22H,4,6-8,10H2,1-3H3/b9-5+/t13-,14-/m0/s1. The molecule has 2 atom stereocenters. The second-order valence-corrected chi connectivity index (χ2v) is 6.57. The van der Waals surface area contributed by atoms with Crippen molar-refractivity contribution in [1.29, 1.82) is 0 Å². The van der Waals surface area contributed by atoms with Gasteiger partial charge in [0.1, 0.15) is 22.8 Å². The number of aromatic hydroxyl groups is 1. The van der Waals surface area contributed by atoms with Gasteiger partial charge in [-0.1, -0.05) is 19.1 Å². The highest BCUT2D eigenvalue weighted by molar-refractivity contribution is 5.97. The number of benzene rings is 1. The zero-order chi connectivity index (χ0) is 18.4. The highest BCUT2D eigenvalue weighted by atomic mass is 16.5. The lowest BCUT2D eigenvalue weighted by Gasteiger charge is -2.17. The van der Waals surface area contributed by atoms with Crippen LogP contribution in [0.15, 0.2) is 18.2 Å². The number of ether oxygens (including phenoxy) is 2. The SMILES string of the molecule is COc1cc(O)c2c(c1)/C=C/CC[C@H](C)C(=O)CCC[C@H](C)OC2=O. The highest BCUT2D eigenvalue weighted by Crippen LogP contribution is 2.30. The van der Waals surface area contributed by atoms with Gasteiger partial charge in [-0.15, -0.1) is 0 Å². The van der Waals surface area contributed by atoms with Crippen molar-refractivity contribution in [3.63, 3.8) is 0 Å². The van der Waals surface area contributed by atoms with Crippen LogP contribution in [0.2, 0.25) is 0 Å². The van der Waals surface area contributed by atoms with Crippen LogP contribution in [0, 0.1) is 5.92 Å². The molecule has 136 valence electrons. The van der Waals surface area contributed by atoms with Crippen LogP contribution in [0.4, 0.5) is 0 Å². The number of rotatable bonds is 1. The first-order chi connectivity index (χ1) is 11.9. The number of fused-ring (bicyclic) bond motifs is 1. The quantitative estimate of drug-likeness (QED) is 0.774. The predicted molar refractivity (Wildman–Crippen MR) is 95.8 cm³/mol. The van der Waals surface area contributed by atoms with Crippen molar-refractivity contribution in [3.05, 3.63) is 29.3 Å². The summed E-state index contributed by atoms with van der Waals surface area (Å²) in [6.07, 6.45) is 6.65. The number of allylic oxidation sites excluding steroid dienone is 1. The van der Waals surface area contributed by atoms with Gasteiger partial charge < -0.3 is 14.6 Å². The summed E-state index contributed by atoms with van der Waals surface area (Å²) in [5, 5.41) is 10.2. The summed E-state index contributed by atoms with van der Waals surface area (Å²) in [6, 6.07) is 3.10. The number of carbonyl (C=O) groups excluding carboxylic acids is 2. The molecule has 1 N–H and O–H groups in total. The molecule has 0 amide bonds. The maximum Gasteiger partial charge on any atom is 0.342 e. The van der Waals surface area contributed by atoms with Gasteiger partial charge in [0, 0.05) is 18.4 Å². The molecule has 1 aromatic rings. The zero-order valence-electron chi connectivity index (χ0n) is 15.1. The molecule has 0 aromatic heterocycles. The Morgan fingerprint density at radius 2 is 1.96 bits per heavy atom. The van der Waals surface area contributed by atoms with Crippen LogP contribution in [0.1, 0.15) is 61.9 Å². The second-order valence-electron chi connectivity index (χ2n) is 6.57. The normalized spacial score (nSPS) is 24.0. The van der Waals surface area contributed by atoms with Gasteiger partial charge >= 0.3 is 5.97 Å². The van der Waals surface area contributed by atoms with E-state index in [9.17, 15) is 14.7 Å². The van der Waals surface area contributed by atoms with Crippen molar-refractivity contribution in [2.45, 2.75) is 52.1 Å². The molecule has 0 fully saturated rings. The Morgan fingerprint density at radius 1 is 1.20 bits per heavy atom. The third-order valence-electron chi connectivity index (χ3n) is 4.52. The molecule has 0 spiro atoms. The van der Waals surface area contributed by atoms with Crippen LogP contribution in [0.25, 0.3) is 6.08 Å². The number of cyclic esters (lactones) is 1. The molecule has 5 nitrogen and oxygen atoms in total. The summed E-state index contributed by atoms with van der Waals surface area (Å²) in [7, 11) is 1.50. The van der Waals surface area contributed by atoms with Crippen LogP contribution in [0.5, 0.6) is 11.5 Å². The molecule has 2 rings (SSSR count). The molecule has 0 saturated heterocycles. The Labute approximate surface area is 148 Å². The summed E-state index contributed by atoms with van der Waals surface area (Å²) in [5.41, 5.74) is 0.690. The van der Waals surface area contributed by atoms with Crippen LogP contribution < -0.4 is 4.74 Å². The van der Waals surface area contributed by atoms with Crippen molar-refractivity contribution >= 4 is 17.8 Å². The fourth-order valence-corrected chi connectivity index (χ4v) is 2.92. The lowest BCUT2D eigenvalue weighted by molar-refractivity contribution is -0.122. The van der Waals surface area contributed by atoms with E-state index in [1.807, 2.05) is 13.0 Å². The number of Topliss-reactive ketones (excluding diaryl/α,β-unsaturated/α-hetero) is 1. The number of phenols is 1. The Hall–Kier alpha value is -2.30. The van der Waals surface area contributed by atoms with Gasteiger partial charge in [-0.05, 0) is 44.2 Å². The van der Waals surface area contributed by atoms with Gasteiger partial charge in [-0.25, -0.2) is 4.79 Å². The smallest absolute Gasteiger partial charge is 0.342 e. The van der Waals surface area contributed by atoms with Crippen molar-refractivity contribution in [2.24, 2.45) is 5.92 Å². The highest BCUT2D eigenvalue weighted by Gasteiger charge is 2.21. The molecular formula is C20H26O5. The number of ketones is 1. The van der Waals surface area contributed by atoms with Crippen molar-refractivity contribution in [1.82, 2.24) is 0 Å². The van der Waals surface area contributed by atoms with Gasteiger partial charge in [-0.2, -0.15) is 0 Å². The van der Waals surface area contributed by atoms with Crippen LogP contribution in [-0.2, 0) is 9.53 Å². The fourth-order valence-electron chi connectivity index (χ4n) is 2.92. The zero-order valence-corrected chi connectivity index (χ0v) is 15.1. The summed E-state index contributed by atoms with van der Waals surface area (Å²) in [6.45, 7) is 3.75. The number of carbonyl (C=O) groups is 2. The maximum absolute atomic E-state index is 12.5. The molecule has 1 aromatic carbocycles. The van der Waals surface area contributed by atoms with Crippen LogP contribution in [0.3, 0.4) is 0 Å². The number of esters is 1. The van der Waals surface area contributed by atoms with Gasteiger partial charge in [-0.3, -0.25) is 4.79 Å². The Balaban J connectivity index is 2.36. The van der Waals surface area contributed by atoms with Crippen molar-refractivity contribution in [3.8, 4) is 11.5 Å². The average Bonchev–Trinajstić information content (AvgIpc) is 2.56. The number of phenolic OH excluding ortho intramolecular Hbond substituents is 1. The molecule has 5 heteroatoms. The molecule has 0 aliphatic carbocycles. The van der Waals surface area contributed by atoms with Gasteiger partial charge in [0.25, 0.3) is 0 Å². The minimum Gasteiger partial charge on any atom is -0.507 e. The van der Waals surface area contributed by atoms with E-state index < -0.39 is 5.97 Å². The van der Waals surface area contributed by atoms with E-state index in [0.29, 0.717) is 30.6 Å². The molecule has 25 heavy (non-hydrogen) atoms. The largest absolute Gasteiger partial charge is 0.507 e. The average molecular weight is 346 g/mol. The number of hydrogen-bond donors (Lipinski definition) is 1. The number of hydrogen-bond acceptors (Lipinski definition) is 5. The van der Waals surface area contributed by atoms with Crippen LogP contribution in [-0.4, -0.2) is 30.1 Å². The van der Waals surface area contributed by atoms with Crippen LogP contribution >= 0.6 is 0 Å². The third kappa shape index (κ3) is 5.08. The van der Waals surface area contributed by atoms with E-state index in [0.717, 1.165) is 12.8 Å². The molecule has 0 bridgehead atoms. The van der Waals surface area contributed by atoms with E-state index in [2.05, 4.69) is 0 Å². The van der Waals surface area contributed by atoms with Gasteiger partial charge in [0.05, 0.1) is 13.2 Å². The molecule has 1 aliphatic rings. The van der Waals surface area contributed by atoms with E-state index in [1.54, 1.807) is 19.1 Å². The first kappa shape index (κ1) is 19.0. The Bertz CT molecular complexity index is 662. The molecular weight excluding hydrogens is 320 g/mol. The van der Waals surface area contributed by atoms with E-state index in [4.69, 9.17) is 9.47 Å². The third-order valence-corrected chi connectivity index (χ3v) is 4.52. The lowest BCUT2D eigenvalue weighted by atomic mass is 9.95. The summed E-state index contributed by atoms with van der Waals surface area (Å²) in [5.74, 6) is 0.00892. The monoisotopic (exact) mass is 346 g/mol. The van der Waals surface area contributed by atoms with Crippen molar-refractivity contribution in [2.75, 3.05) is 7.11 Å². The number of methoxy groups -OCH3 is 1. The Kier molecular flexibility index (Phi) is 6.62. The Morgan fingerprint density at radius 3 is 2.68 bits per heavy atom. The van der Waals surface area contributed by atoms with E-state index in [-0.39, 0.29) is 29.1 Å². The van der Waals surface area contributed by atoms with Gasteiger partial charge in [0.2, 0.25) is 0 Å². The topological polar surface area (TPSA) is 72.8 Å². The molecule has 1 heterocycles. The first-order valence-electron chi connectivity index (χ1n) is 8.73. The maximum atomic E-state index is 12.5. The molecule has 1 aliphatic heterocycles. The molecule has 0 saturated carbocycles. The lowest BCUT2D eigenvalue weighted by Crippen LogP contribution is -2.17. The fraction of sp³-hybridized carbons (Fsp3) is 0.500.